The van der Waals surface area contributed by atoms with E-state index in [1.807, 2.05) is 62.4 Å². The van der Waals surface area contributed by atoms with Crippen molar-refractivity contribution < 1.29 is 9.53 Å². The fraction of sp³-hybridized carbons (Fsp3) is 0.188. The van der Waals surface area contributed by atoms with Gasteiger partial charge in [-0.3, -0.25) is 4.79 Å². The van der Waals surface area contributed by atoms with Crippen LogP contribution in [-0.2, 0) is 4.79 Å². The molecule has 0 aliphatic rings. The second kappa shape index (κ2) is 6.05. The van der Waals surface area contributed by atoms with E-state index in [4.69, 9.17) is 4.74 Å². The van der Waals surface area contributed by atoms with E-state index < -0.39 is 0 Å². The van der Waals surface area contributed by atoms with Crippen molar-refractivity contribution in [1.82, 2.24) is 0 Å². The lowest BCUT2D eigenvalue weighted by atomic mass is 10.2. The molecule has 3 nitrogen and oxygen atoms in total. The summed E-state index contributed by atoms with van der Waals surface area (Å²) in [5, 5.41) is 2.83. The largest absolute Gasteiger partial charge is 0.484 e. The monoisotopic (exact) mass is 255 g/mol. The lowest BCUT2D eigenvalue weighted by molar-refractivity contribution is -0.118. The predicted octanol–water partition coefficient (Wildman–Crippen LogP) is 3.32. The summed E-state index contributed by atoms with van der Waals surface area (Å²) < 4.78 is 5.45. The molecule has 0 heterocycles. The molecule has 1 N–H and O–H groups in total. The Balaban J connectivity index is 1.90. The minimum atomic E-state index is -0.157. The van der Waals surface area contributed by atoms with Crippen LogP contribution in [0.2, 0.25) is 0 Å². The molecule has 0 aliphatic carbocycles. The van der Waals surface area contributed by atoms with Crippen LogP contribution in [0.1, 0.15) is 11.1 Å². The lowest BCUT2D eigenvalue weighted by Gasteiger charge is -2.09. The minimum absolute atomic E-state index is 0.0117. The summed E-state index contributed by atoms with van der Waals surface area (Å²) in [5.41, 5.74) is 2.96. The number of nitrogens with one attached hydrogen (secondary N) is 1. The third-order valence-corrected chi connectivity index (χ3v) is 2.78. The molecule has 0 bridgehead atoms. The van der Waals surface area contributed by atoms with Gasteiger partial charge in [0.1, 0.15) is 5.75 Å². The average Bonchev–Trinajstić information content (AvgIpc) is 2.39. The van der Waals surface area contributed by atoms with Gasteiger partial charge < -0.3 is 10.1 Å². The Morgan fingerprint density at radius 1 is 1.11 bits per heavy atom. The smallest absolute Gasteiger partial charge is 0.262 e. The van der Waals surface area contributed by atoms with Crippen LogP contribution in [0.3, 0.4) is 0 Å². The molecule has 0 aromatic heterocycles. The van der Waals surface area contributed by atoms with Crippen molar-refractivity contribution in [2.24, 2.45) is 0 Å². The van der Waals surface area contributed by atoms with Crippen LogP contribution < -0.4 is 10.1 Å². The van der Waals surface area contributed by atoms with Gasteiger partial charge in [0, 0.05) is 5.69 Å². The zero-order valence-electron chi connectivity index (χ0n) is 11.1. The van der Waals surface area contributed by atoms with Gasteiger partial charge in [0.05, 0.1) is 0 Å². The number of anilines is 1. The molecule has 0 aliphatic heterocycles. The minimum Gasteiger partial charge on any atom is -0.484 e. The molecule has 0 saturated heterocycles. The number of aryl methyl sites for hydroxylation is 2. The topological polar surface area (TPSA) is 38.3 Å². The van der Waals surface area contributed by atoms with Crippen LogP contribution in [0.25, 0.3) is 0 Å². The maximum absolute atomic E-state index is 11.8. The highest BCUT2D eigenvalue weighted by atomic mass is 16.5. The van der Waals surface area contributed by atoms with E-state index in [9.17, 15) is 4.79 Å². The first-order valence-corrected chi connectivity index (χ1v) is 6.20. The number of hydrogen-bond acceptors (Lipinski definition) is 2. The number of carbonyl (C=O) groups excluding carboxylic acids is 1. The number of para-hydroxylation sites is 1. The van der Waals surface area contributed by atoms with Crippen molar-refractivity contribution in [3.63, 3.8) is 0 Å². The average molecular weight is 255 g/mol. The highest BCUT2D eigenvalue weighted by Crippen LogP contribution is 2.14. The Kier molecular flexibility index (Phi) is 4.18. The third kappa shape index (κ3) is 3.85. The molecule has 0 saturated carbocycles. The normalized spacial score (nSPS) is 10.0. The first-order valence-electron chi connectivity index (χ1n) is 6.20. The van der Waals surface area contributed by atoms with Crippen LogP contribution in [0.4, 0.5) is 5.69 Å². The summed E-state index contributed by atoms with van der Waals surface area (Å²) in [4.78, 5) is 11.8. The molecule has 0 fully saturated rings. The molecular formula is C16H17NO2. The maximum Gasteiger partial charge on any atom is 0.262 e. The zero-order chi connectivity index (χ0) is 13.7. The van der Waals surface area contributed by atoms with Gasteiger partial charge in [-0.15, -0.1) is 0 Å². The second-order valence-electron chi connectivity index (χ2n) is 4.47. The van der Waals surface area contributed by atoms with Crippen molar-refractivity contribution in [1.29, 1.82) is 0 Å². The van der Waals surface area contributed by atoms with E-state index in [0.717, 1.165) is 16.8 Å². The molecule has 2 aromatic rings. The number of amides is 1. The Hall–Kier alpha value is -2.29. The molecule has 98 valence electrons. The summed E-state index contributed by atoms with van der Waals surface area (Å²) in [7, 11) is 0. The predicted molar refractivity (Wildman–Crippen MR) is 76.5 cm³/mol. The molecule has 0 spiro atoms. The first kappa shape index (κ1) is 13.1. The summed E-state index contributed by atoms with van der Waals surface area (Å²) >= 11 is 0. The Morgan fingerprint density at radius 2 is 1.89 bits per heavy atom. The van der Waals surface area contributed by atoms with Gasteiger partial charge in [-0.05, 0) is 43.2 Å². The van der Waals surface area contributed by atoms with Gasteiger partial charge in [0.2, 0.25) is 0 Å². The van der Waals surface area contributed by atoms with Crippen LogP contribution in [0.15, 0.2) is 48.5 Å². The Morgan fingerprint density at radius 3 is 2.63 bits per heavy atom. The molecule has 1 amide bonds. The third-order valence-electron chi connectivity index (χ3n) is 2.78. The molecule has 0 unspecified atom stereocenters. The van der Waals surface area contributed by atoms with Gasteiger partial charge in [0.15, 0.2) is 6.61 Å². The SMILES string of the molecule is Cc1cccc(OCC(=O)Nc2ccccc2C)c1. The Labute approximate surface area is 113 Å². The van der Waals surface area contributed by atoms with Crippen LogP contribution in [0, 0.1) is 13.8 Å². The molecule has 0 radical (unpaired) electrons. The van der Waals surface area contributed by atoms with E-state index in [1.54, 1.807) is 0 Å². The summed E-state index contributed by atoms with van der Waals surface area (Å²) in [6.07, 6.45) is 0. The number of hydrogen-bond donors (Lipinski definition) is 1. The summed E-state index contributed by atoms with van der Waals surface area (Å²) in [6.45, 7) is 3.95. The molecular weight excluding hydrogens is 238 g/mol. The Bertz CT molecular complexity index is 578. The van der Waals surface area contributed by atoms with Crippen molar-refractivity contribution in [2.75, 3.05) is 11.9 Å². The van der Waals surface area contributed by atoms with Gasteiger partial charge in [-0.2, -0.15) is 0 Å². The van der Waals surface area contributed by atoms with Crippen molar-refractivity contribution in [3.05, 3.63) is 59.7 Å². The number of ether oxygens (including phenoxy) is 1. The van der Waals surface area contributed by atoms with E-state index in [2.05, 4.69) is 5.32 Å². The zero-order valence-corrected chi connectivity index (χ0v) is 11.1. The summed E-state index contributed by atoms with van der Waals surface area (Å²) in [6, 6.07) is 15.3. The van der Waals surface area contributed by atoms with Crippen molar-refractivity contribution >= 4 is 11.6 Å². The van der Waals surface area contributed by atoms with Crippen molar-refractivity contribution in [3.8, 4) is 5.75 Å². The number of benzene rings is 2. The quantitative estimate of drug-likeness (QED) is 0.910. The standard InChI is InChI=1S/C16H17NO2/c1-12-6-5-8-14(10-12)19-11-16(18)17-15-9-4-3-7-13(15)2/h3-10H,11H2,1-2H3,(H,17,18). The fourth-order valence-electron chi connectivity index (χ4n) is 1.75. The van der Waals surface area contributed by atoms with Crippen LogP contribution in [-0.4, -0.2) is 12.5 Å². The molecule has 0 atom stereocenters. The fourth-order valence-corrected chi connectivity index (χ4v) is 1.75. The van der Waals surface area contributed by atoms with E-state index in [-0.39, 0.29) is 12.5 Å². The van der Waals surface area contributed by atoms with Crippen molar-refractivity contribution in [2.45, 2.75) is 13.8 Å². The number of carbonyl (C=O) groups is 1. The van der Waals surface area contributed by atoms with Gasteiger partial charge in [-0.1, -0.05) is 30.3 Å². The van der Waals surface area contributed by atoms with E-state index in [0.29, 0.717) is 5.75 Å². The van der Waals surface area contributed by atoms with Gasteiger partial charge >= 0.3 is 0 Å². The van der Waals surface area contributed by atoms with Gasteiger partial charge in [-0.25, -0.2) is 0 Å². The maximum atomic E-state index is 11.8. The molecule has 3 heteroatoms. The lowest BCUT2D eigenvalue weighted by Crippen LogP contribution is -2.20. The highest BCUT2D eigenvalue weighted by molar-refractivity contribution is 5.92. The highest BCUT2D eigenvalue weighted by Gasteiger charge is 2.05. The van der Waals surface area contributed by atoms with Crippen LogP contribution in [0.5, 0.6) is 5.75 Å². The van der Waals surface area contributed by atoms with E-state index in [1.165, 1.54) is 0 Å². The molecule has 2 aromatic carbocycles. The molecule has 2 rings (SSSR count). The van der Waals surface area contributed by atoms with Crippen LogP contribution >= 0.6 is 0 Å². The van der Waals surface area contributed by atoms with E-state index >= 15 is 0 Å². The summed E-state index contributed by atoms with van der Waals surface area (Å²) in [5.74, 6) is 0.552. The molecule has 19 heavy (non-hydrogen) atoms. The number of rotatable bonds is 4. The first-order chi connectivity index (χ1) is 9.15. The van der Waals surface area contributed by atoms with Gasteiger partial charge in [0.25, 0.3) is 5.91 Å². The second-order valence-corrected chi connectivity index (χ2v) is 4.47.